The van der Waals surface area contributed by atoms with Crippen molar-refractivity contribution in [1.82, 2.24) is 15.1 Å². The normalized spacial score (nSPS) is 16.4. The highest BCUT2D eigenvalue weighted by Crippen LogP contribution is 2.25. The number of para-hydroxylation sites is 2. The minimum Gasteiger partial charge on any atom is -0.492 e. The zero-order valence-corrected chi connectivity index (χ0v) is 17.6. The first-order valence-electron chi connectivity index (χ1n) is 9.22. The zero-order chi connectivity index (χ0) is 21.7. The Bertz CT molecular complexity index is 989. The molecule has 2 heterocycles. The van der Waals surface area contributed by atoms with Gasteiger partial charge >= 0.3 is 6.03 Å². The molecule has 2 aromatic rings. The first-order valence-corrected chi connectivity index (χ1v) is 10.2. The molecule has 1 N–H and O–H groups in total. The molecule has 0 spiro atoms. The maximum atomic E-state index is 12.3. The van der Waals surface area contributed by atoms with Crippen LogP contribution in [0.15, 0.2) is 38.9 Å². The number of aromatic nitrogens is 2. The van der Waals surface area contributed by atoms with Gasteiger partial charge in [0.2, 0.25) is 17.7 Å². The van der Waals surface area contributed by atoms with Crippen LogP contribution in [0.4, 0.5) is 10.5 Å². The Balaban J connectivity index is 1.56. The number of anilines is 1. The van der Waals surface area contributed by atoms with Crippen molar-refractivity contribution in [2.45, 2.75) is 25.5 Å². The van der Waals surface area contributed by atoms with E-state index in [1.807, 2.05) is 13.0 Å². The summed E-state index contributed by atoms with van der Waals surface area (Å²) in [7, 11) is 1.38. The average Bonchev–Trinajstić information content (AvgIpc) is 3.17. The molecule has 0 aliphatic carbocycles. The maximum Gasteiger partial charge on any atom is 0.349 e. The minimum absolute atomic E-state index is 0.0577. The molecule has 1 unspecified atom stereocenters. The molecule has 0 saturated heterocycles. The van der Waals surface area contributed by atoms with Gasteiger partial charge in [-0.05, 0) is 26.0 Å². The lowest BCUT2D eigenvalue weighted by atomic mass is 9.97. The number of urea groups is 1. The fraction of sp³-hybridized carbons (Fsp3) is 0.368. The molecule has 0 fully saturated rings. The number of thioether (sulfide) groups is 1. The van der Waals surface area contributed by atoms with Gasteiger partial charge in [-0.15, -0.1) is 10.2 Å². The number of rotatable bonds is 8. The van der Waals surface area contributed by atoms with Gasteiger partial charge in [-0.2, -0.15) is 0 Å². The van der Waals surface area contributed by atoms with Crippen molar-refractivity contribution in [2.24, 2.45) is 10.9 Å². The van der Waals surface area contributed by atoms with Crippen LogP contribution in [0, 0.1) is 5.92 Å². The molecule has 0 bridgehead atoms. The fourth-order valence-electron chi connectivity index (χ4n) is 2.76. The second kappa shape index (κ2) is 9.53. The largest absolute Gasteiger partial charge is 0.492 e. The first-order chi connectivity index (χ1) is 14.4. The topological polar surface area (TPSA) is 127 Å². The van der Waals surface area contributed by atoms with Crippen molar-refractivity contribution in [3.8, 4) is 5.75 Å². The SMILES string of the molecule is CCOc1ccccc1NC(=O)CSc1nnc(CC2C(=O)N(C)C(=O)N=C2C)o1. The van der Waals surface area contributed by atoms with Crippen LogP contribution >= 0.6 is 11.8 Å². The highest BCUT2D eigenvalue weighted by atomic mass is 32.2. The van der Waals surface area contributed by atoms with E-state index in [1.165, 1.54) is 7.05 Å². The molecule has 158 valence electrons. The molecule has 1 aliphatic heterocycles. The molecule has 3 rings (SSSR count). The summed E-state index contributed by atoms with van der Waals surface area (Å²) in [4.78, 5) is 40.9. The predicted molar refractivity (Wildman–Crippen MR) is 110 cm³/mol. The molecular weight excluding hydrogens is 410 g/mol. The van der Waals surface area contributed by atoms with E-state index in [2.05, 4.69) is 20.5 Å². The number of ether oxygens (including phenoxy) is 1. The van der Waals surface area contributed by atoms with Crippen molar-refractivity contribution in [2.75, 3.05) is 24.7 Å². The molecule has 0 radical (unpaired) electrons. The van der Waals surface area contributed by atoms with Crippen molar-refractivity contribution >= 4 is 41.0 Å². The second-order valence-electron chi connectivity index (χ2n) is 6.42. The molecule has 4 amide bonds. The quantitative estimate of drug-likeness (QED) is 0.631. The standard InChI is InChI=1S/C19H21N5O5S/c1-4-28-14-8-6-5-7-13(14)21-15(25)10-30-19-23-22-16(29-19)9-12-11(2)20-18(27)24(3)17(12)26/h5-8,12H,4,9-10H2,1-3H3,(H,21,25). The van der Waals surface area contributed by atoms with E-state index in [0.29, 0.717) is 23.8 Å². The maximum absolute atomic E-state index is 12.3. The number of benzene rings is 1. The Morgan fingerprint density at radius 3 is 2.83 bits per heavy atom. The van der Waals surface area contributed by atoms with E-state index in [1.54, 1.807) is 25.1 Å². The van der Waals surface area contributed by atoms with E-state index >= 15 is 0 Å². The smallest absolute Gasteiger partial charge is 0.349 e. The van der Waals surface area contributed by atoms with Crippen LogP contribution in [0.3, 0.4) is 0 Å². The lowest BCUT2D eigenvalue weighted by Crippen LogP contribution is -2.44. The molecule has 1 aromatic heterocycles. The van der Waals surface area contributed by atoms with Gasteiger partial charge in [0.05, 0.1) is 24.0 Å². The summed E-state index contributed by atoms with van der Waals surface area (Å²) in [5.74, 6) is -0.372. The molecule has 30 heavy (non-hydrogen) atoms. The molecule has 1 atom stereocenters. The lowest BCUT2D eigenvalue weighted by Gasteiger charge is -2.24. The average molecular weight is 431 g/mol. The van der Waals surface area contributed by atoms with Gasteiger partial charge in [-0.25, -0.2) is 9.79 Å². The summed E-state index contributed by atoms with van der Waals surface area (Å²) in [5, 5.41) is 10.8. The highest BCUT2D eigenvalue weighted by Gasteiger charge is 2.34. The summed E-state index contributed by atoms with van der Waals surface area (Å²) in [6.45, 7) is 3.97. The Morgan fingerprint density at radius 2 is 2.07 bits per heavy atom. The third-order valence-electron chi connectivity index (χ3n) is 4.31. The molecule has 0 saturated carbocycles. The number of hydrogen-bond donors (Lipinski definition) is 1. The van der Waals surface area contributed by atoms with E-state index in [-0.39, 0.29) is 35.1 Å². The lowest BCUT2D eigenvalue weighted by molar-refractivity contribution is -0.129. The van der Waals surface area contributed by atoms with Crippen LogP contribution in [0.2, 0.25) is 0 Å². The Hall–Kier alpha value is -3.21. The second-order valence-corrected chi connectivity index (χ2v) is 7.34. The minimum atomic E-state index is -0.635. The summed E-state index contributed by atoms with van der Waals surface area (Å²) in [6.07, 6.45) is 0.132. The summed E-state index contributed by atoms with van der Waals surface area (Å²) in [5.41, 5.74) is 0.989. The third-order valence-corrected chi connectivity index (χ3v) is 5.13. The van der Waals surface area contributed by atoms with Gasteiger partial charge in [0.25, 0.3) is 5.22 Å². The van der Waals surface area contributed by atoms with Crippen LogP contribution in [0.25, 0.3) is 0 Å². The Labute approximate surface area is 177 Å². The monoisotopic (exact) mass is 431 g/mol. The fourth-order valence-corrected chi connectivity index (χ4v) is 3.34. The van der Waals surface area contributed by atoms with Gasteiger partial charge in [-0.3, -0.25) is 14.5 Å². The van der Waals surface area contributed by atoms with E-state index in [0.717, 1.165) is 16.7 Å². The van der Waals surface area contributed by atoms with Crippen molar-refractivity contribution < 1.29 is 23.5 Å². The number of amides is 4. The van der Waals surface area contributed by atoms with Gasteiger partial charge in [-0.1, -0.05) is 23.9 Å². The molecular formula is C19H21N5O5S. The van der Waals surface area contributed by atoms with Gasteiger partial charge in [0.1, 0.15) is 5.75 Å². The van der Waals surface area contributed by atoms with E-state index < -0.39 is 11.9 Å². The van der Waals surface area contributed by atoms with Crippen LogP contribution in [-0.2, 0) is 16.0 Å². The summed E-state index contributed by atoms with van der Waals surface area (Å²) < 4.78 is 11.0. The number of nitrogens with zero attached hydrogens (tertiary/aromatic N) is 4. The van der Waals surface area contributed by atoms with Crippen LogP contribution in [0.1, 0.15) is 19.7 Å². The Morgan fingerprint density at radius 1 is 1.30 bits per heavy atom. The van der Waals surface area contributed by atoms with Crippen molar-refractivity contribution in [3.05, 3.63) is 30.2 Å². The summed E-state index contributed by atoms with van der Waals surface area (Å²) >= 11 is 1.08. The molecule has 11 heteroatoms. The summed E-state index contributed by atoms with van der Waals surface area (Å²) in [6, 6.07) is 6.57. The van der Waals surface area contributed by atoms with Gasteiger partial charge in [0.15, 0.2) is 0 Å². The number of carbonyl (C=O) groups is 3. The van der Waals surface area contributed by atoms with E-state index in [9.17, 15) is 14.4 Å². The molecule has 1 aliphatic rings. The number of aliphatic imine (C=N–C) groups is 1. The van der Waals surface area contributed by atoms with Crippen molar-refractivity contribution in [3.63, 3.8) is 0 Å². The number of carbonyl (C=O) groups excluding carboxylic acids is 3. The Kier molecular flexibility index (Phi) is 6.83. The van der Waals surface area contributed by atoms with E-state index in [4.69, 9.17) is 9.15 Å². The zero-order valence-electron chi connectivity index (χ0n) is 16.7. The van der Waals surface area contributed by atoms with Gasteiger partial charge < -0.3 is 14.5 Å². The van der Waals surface area contributed by atoms with Gasteiger partial charge in [0, 0.05) is 19.2 Å². The first kappa shape index (κ1) is 21.5. The third kappa shape index (κ3) is 5.03. The highest BCUT2D eigenvalue weighted by molar-refractivity contribution is 7.99. The predicted octanol–water partition coefficient (Wildman–Crippen LogP) is 2.41. The molecule has 10 nitrogen and oxygen atoms in total. The number of nitrogens with one attached hydrogen (secondary N) is 1. The van der Waals surface area contributed by atoms with Crippen molar-refractivity contribution in [1.29, 1.82) is 0 Å². The molecule has 1 aromatic carbocycles. The van der Waals surface area contributed by atoms with Crippen LogP contribution in [-0.4, -0.2) is 58.1 Å². The number of hydrogen-bond acceptors (Lipinski definition) is 8. The van der Waals surface area contributed by atoms with Crippen LogP contribution in [0.5, 0.6) is 5.75 Å². The number of imide groups is 1. The van der Waals surface area contributed by atoms with Crippen LogP contribution < -0.4 is 10.1 Å².